The van der Waals surface area contributed by atoms with Gasteiger partial charge < -0.3 is 15.2 Å². The normalized spacial score (nSPS) is 22.7. The summed E-state index contributed by atoms with van der Waals surface area (Å²) in [5.41, 5.74) is 1.68. The smallest absolute Gasteiger partial charge is 0.226 e. The SMILES string of the molecule is CCCNc1nc(N2CCC(C)CC2C)c2[nH]cnc2n1. The zero-order chi connectivity index (χ0) is 14.8. The lowest BCUT2D eigenvalue weighted by atomic mass is 9.93. The first kappa shape index (κ1) is 14.1. The van der Waals surface area contributed by atoms with Crippen LogP contribution in [0.2, 0.25) is 0 Å². The van der Waals surface area contributed by atoms with Crippen LogP contribution in [-0.4, -0.2) is 39.1 Å². The molecule has 2 unspecified atom stereocenters. The van der Waals surface area contributed by atoms with Crippen molar-refractivity contribution in [3.63, 3.8) is 0 Å². The molecule has 2 atom stereocenters. The van der Waals surface area contributed by atoms with Gasteiger partial charge in [-0.15, -0.1) is 0 Å². The van der Waals surface area contributed by atoms with Gasteiger partial charge in [0.1, 0.15) is 5.52 Å². The van der Waals surface area contributed by atoms with Gasteiger partial charge in [0.2, 0.25) is 5.95 Å². The molecular weight excluding hydrogens is 264 g/mol. The van der Waals surface area contributed by atoms with Crippen molar-refractivity contribution in [2.24, 2.45) is 5.92 Å². The van der Waals surface area contributed by atoms with Gasteiger partial charge in [-0.25, -0.2) is 4.98 Å². The fourth-order valence-corrected chi connectivity index (χ4v) is 3.06. The number of aromatic nitrogens is 4. The number of hydrogen-bond donors (Lipinski definition) is 2. The van der Waals surface area contributed by atoms with Gasteiger partial charge in [-0.3, -0.25) is 0 Å². The van der Waals surface area contributed by atoms with Crippen LogP contribution < -0.4 is 10.2 Å². The third-order valence-corrected chi connectivity index (χ3v) is 4.21. The maximum absolute atomic E-state index is 4.74. The van der Waals surface area contributed by atoms with E-state index in [1.54, 1.807) is 6.33 Å². The van der Waals surface area contributed by atoms with Gasteiger partial charge in [0.15, 0.2) is 11.5 Å². The summed E-state index contributed by atoms with van der Waals surface area (Å²) in [5.74, 6) is 2.45. The Labute approximate surface area is 125 Å². The highest BCUT2D eigenvalue weighted by molar-refractivity contribution is 5.84. The molecule has 1 aliphatic heterocycles. The van der Waals surface area contributed by atoms with E-state index in [0.717, 1.165) is 42.4 Å². The molecule has 6 heteroatoms. The molecule has 0 aromatic carbocycles. The number of aromatic amines is 1. The molecule has 0 spiro atoms. The summed E-state index contributed by atoms with van der Waals surface area (Å²) >= 11 is 0. The van der Waals surface area contributed by atoms with E-state index in [4.69, 9.17) is 4.98 Å². The summed E-state index contributed by atoms with van der Waals surface area (Å²) < 4.78 is 0. The highest BCUT2D eigenvalue weighted by Crippen LogP contribution is 2.30. The molecule has 0 bridgehead atoms. The van der Waals surface area contributed by atoms with Crippen molar-refractivity contribution in [3.05, 3.63) is 6.33 Å². The zero-order valence-corrected chi connectivity index (χ0v) is 13.1. The predicted octanol–water partition coefficient (Wildman–Crippen LogP) is 2.80. The molecule has 0 aliphatic carbocycles. The van der Waals surface area contributed by atoms with Crippen LogP contribution in [0.3, 0.4) is 0 Å². The number of fused-ring (bicyclic) bond motifs is 1. The molecule has 0 saturated carbocycles. The minimum Gasteiger partial charge on any atom is -0.354 e. The largest absolute Gasteiger partial charge is 0.354 e. The molecule has 6 nitrogen and oxygen atoms in total. The summed E-state index contributed by atoms with van der Waals surface area (Å²) in [7, 11) is 0. The lowest BCUT2D eigenvalue weighted by molar-refractivity contribution is 0.376. The van der Waals surface area contributed by atoms with Gasteiger partial charge in [-0.1, -0.05) is 13.8 Å². The lowest BCUT2D eigenvalue weighted by Gasteiger charge is -2.37. The highest BCUT2D eigenvalue weighted by atomic mass is 15.3. The van der Waals surface area contributed by atoms with Crippen molar-refractivity contribution in [1.82, 2.24) is 19.9 Å². The minimum absolute atomic E-state index is 0.495. The van der Waals surface area contributed by atoms with Crippen molar-refractivity contribution in [1.29, 1.82) is 0 Å². The Morgan fingerprint density at radius 1 is 1.38 bits per heavy atom. The van der Waals surface area contributed by atoms with Crippen LogP contribution in [0.5, 0.6) is 0 Å². The quantitative estimate of drug-likeness (QED) is 0.905. The zero-order valence-electron chi connectivity index (χ0n) is 13.1. The Kier molecular flexibility index (Phi) is 3.94. The number of imidazole rings is 1. The summed E-state index contributed by atoms with van der Waals surface area (Å²) in [6.45, 7) is 8.66. The molecule has 2 N–H and O–H groups in total. The van der Waals surface area contributed by atoms with Crippen LogP contribution in [0, 0.1) is 5.92 Å². The molecule has 2 aromatic heterocycles. The standard InChI is InChI=1S/C15H24N6/c1-4-6-16-15-19-13-12(17-9-18-13)14(20-15)21-7-5-10(2)8-11(21)3/h9-11H,4-8H2,1-3H3,(H2,16,17,18,19,20). The molecule has 0 radical (unpaired) electrons. The molecule has 3 heterocycles. The van der Waals surface area contributed by atoms with Gasteiger partial charge in [0.25, 0.3) is 0 Å². The number of anilines is 2. The first-order chi connectivity index (χ1) is 10.2. The molecule has 3 rings (SSSR count). The Bertz CT molecular complexity index is 607. The number of nitrogens with zero attached hydrogens (tertiary/aromatic N) is 4. The summed E-state index contributed by atoms with van der Waals surface area (Å²) in [6.07, 6.45) is 5.16. The van der Waals surface area contributed by atoms with Crippen LogP contribution in [0.1, 0.15) is 40.0 Å². The van der Waals surface area contributed by atoms with Crippen molar-refractivity contribution in [2.75, 3.05) is 23.3 Å². The molecule has 1 fully saturated rings. The maximum Gasteiger partial charge on any atom is 0.226 e. The average molecular weight is 288 g/mol. The first-order valence-electron chi connectivity index (χ1n) is 7.90. The van der Waals surface area contributed by atoms with Gasteiger partial charge in [-0.2, -0.15) is 9.97 Å². The third-order valence-electron chi connectivity index (χ3n) is 4.21. The Morgan fingerprint density at radius 3 is 3.00 bits per heavy atom. The van der Waals surface area contributed by atoms with E-state index in [-0.39, 0.29) is 0 Å². The molecule has 0 amide bonds. The average Bonchev–Trinajstić information content (AvgIpc) is 2.93. The van der Waals surface area contributed by atoms with Crippen molar-refractivity contribution in [2.45, 2.75) is 46.1 Å². The van der Waals surface area contributed by atoms with E-state index in [9.17, 15) is 0 Å². The molecule has 1 aliphatic rings. The van der Waals surface area contributed by atoms with E-state index >= 15 is 0 Å². The fourth-order valence-electron chi connectivity index (χ4n) is 3.06. The molecular formula is C15H24N6. The van der Waals surface area contributed by atoms with Gasteiger partial charge in [0.05, 0.1) is 6.33 Å². The van der Waals surface area contributed by atoms with Crippen LogP contribution in [-0.2, 0) is 0 Å². The van der Waals surface area contributed by atoms with Gasteiger partial charge >= 0.3 is 0 Å². The van der Waals surface area contributed by atoms with E-state index in [1.165, 1.54) is 12.8 Å². The predicted molar refractivity (Wildman–Crippen MR) is 85.7 cm³/mol. The third kappa shape index (κ3) is 2.80. The number of rotatable bonds is 4. The van der Waals surface area contributed by atoms with Gasteiger partial charge in [-0.05, 0) is 32.1 Å². The topological polar surface area (TPSA) is 69.7 Å². The van der Waals surface area contributed by atoms with E-state index in [2.05, 4.69) is 45.9 Å². The fraction of sp³-hybridized carbons (Fsp3) is 0.667. The van der Waals surface area contributed by atoms with E-state index in [1.807, 2.05) is 0 Å². The molecule has 1 saturated heterocycles. The highest BCUT2D eigenvalue weighted by Gasteiger charge is 2.26. The molecule has 21 heavy (non-hydrogen) atoms. The Hall–Kier alpha value is -1.85. The summed E-state index contributed by atoms with van der Waals surface area (Å²) in [5, 5.41) is 3.28. The van der Waals surface area contributed by atoms with Crippen molar-refractivity contribution in [3.8, 4) is 0 Å². The summed E-state index contributed by atoms with van der Waals surface area (Å²) in [6, 6.07) is 0.495. The van der Waals surface area contributed by atoms with Crippen molar-refractivity contribution >= 4 is 22.9 Å². The first-order valence-corrected chi connectivity index (χ1v) is 7.90. The summed E-state index contributed by atoms with van der Waals surface area (Å²) in [4.78, 5) is 19.1. The number of H-pyrrole nitrogens is 1. The second-order valence-electron chi connectivity index (χ2n) is 6.07. The Balaban J connectivity index is 1.97. The molecule has 2 aromatic rings. The Morgan fingerprint density at radius 2 is 2.24 bits per heavy atom. The van der Waals surface area contributed by atoms with Crippen LogP contribution in [0.25, 0.3) is 11.2 Å². The van der Waals surface area contributed by atoms with Gasteiger partial charge in [0, 0.05) is 19.1 Å². The lowest BCUT2D eigenvalue weighted by Crippen LogP contribution is -2.41. The second-order valence-corrected chi connectivity index (χ2v) is 6.07. The maximum atomic E-state index is 4.74. The molecule has 114 valence electrons. The second kappa shape index (κ2) is 5.87. The van der Waals surface area contributed by atoms with Crippen LogP contribution in [0.15, 0.2) is 6.33 Å². The van der Waals surface area contributed by atoms with E-state index in [0.29, 0.717) is 12.0 Å². The van der Waals surface area contributed by atoms with Crippen LogP contribution in [0.4, 0.5) is 11.8 Å². The number of nitrogens with one attached hydrogen (secondary N) is 2. The van der Waals surface area contributed by atoms with Crippen LogP contribution >= 0.6 is 0 Å². The van der Waals surface area contributed by atoms with Crippen molar-refractivity contribution < 1.29 is 0 Å². The minimum atomic E-state index is 0.495. The number of hydrogen-bond acceptors (Lipinski definition) is 5. The number of piperidine rings is 1. The monoisotopic (exact) mass is 288 g/mol. The van der Waals surface area contributed by atoms with E-state index < -0.39 is 0 Å².